The molecule has 2 atom stereocenters. The minimum Gasteiger partial charge on any atom is -0.393 e. The lowest BCUT2D eigenvalue weighted by atomic mass is 10.0. The number of carbonyl (C=O) groups excluding carboxylic acids is 1. The number of thioether (sulfide) groups is 1. The fourth-order valence-electron chi connectivity index (χ4n) is 1.47. The van der Waals surface area contributed by atoms with E-state index in [4.69, 9.17) is 0 Å². The Morgan fingerprint density at radius 1 is 1.42 bits per heavy atom. The van der Waals surface area contributed by atoms with E-state index in [1.807, 2.05) is 39.0 Å². The molecular weight excluding hydrogens is 260 g/mol. The Morgan fingerprint density at radius 2 is 2.16 bits per heavy atom. The molecule has 0 aliphatic heterocycles. The second-order valence-electron chi connectivity index (χ2n) is 4.82. The molecule has 0 saturated heterocycles. The number of nitrogens with zero attached hydrogens (tertiary/aromatic N) is 1. The smallest absolute Gasteiger partial charge is 0.233 e. The van der Waals surface area contributed by atoms with Gasteiger partial charge in [-0.2, -0.15) is 0 Å². The quantitative estimate of drug-likeness (QED) is 0.752. The Bertz CT molecular complexity index is 384. The molecule has 0 aliphatic carbocycles. The lowest BCUT2D eigenvalue weighted by molar-refractivity contribution is -0.120. The van der Waals surface area contributed by atoms with E-state index in [1.54, 1.807) is 6.20 Å². The fraction of sp³-hybridized carbons (Fsp3) is 0.571. The molecule has 2 unspecified atom stereocenters. The highest BCUT2D eigenvalue weighted by Gasteiger charge is 2.15. The van der Waals surface area contributed by atoms with Crippen molar-refractivity contribution in [1.82, 2.24) is 10.3 Å². The molecule has 1 amide bonds. The zero-order chi connectivity index (χ0) is 14.3. The van der Waals surface area contributed by atoms with Crippen molar-refractivity contribution in [2.45, 2.75) is 43.6 Å². The van der Waals surface area contributed by atoms with Crippen LogP contribution < -0.4 is 5.32 Å². The van der Waals surface area contributed by atoms with Gasteiger partial charge in [-0.05, 0) is 31.4 Å². The average Bonchev–Trinajstić information content (AvgIpc) is 2.39. The minimum absolute atomic E-state index is 0.0217. The number of amides is 1. The predicted molar refractivity (Wildman–Crippen MR) is 78.0 cm³/mol. The highest BCUT2D eigenvalue weighted by molar-refractivity contribution is 8.00. The van der Waals surface area contributed by atoms with Crippen molar-refractivity contribution in [2.75, 3.05) is 6.54 Å². The van der Waals surface area contributed by atoms with E-state index in [9.17, 15) is 9.90 Å². The maximum Gasteiger partial charge on any atom is 0.233 e. The molecule has 0 aliphatic rings. The van der Waals surface area contributed by atoms with Gasteiger partial charge in [0.25, 0.3) is 0 Å². The van der Waals surface area contributed by atoms with Crippen molar-refractivity contribution in [3.63, 3.8) is 0 Å². The van der Waals surface area contributed by atoms with E-state index in [2.05, 4.69) is 10.3 Å². The first kappa shape index (κ1) is 16.0. The van der Waals surface area contributed by atoms with Crippen LogP contribution in [0, 0.1) is 5.92 Å². The van der Waals surface area contributed by atoms with Crippen LogP contribution in [0.15, 0.2) is 29.4 Å². The molecular formula is C14H22N2O2S. The van der Waals surface area contributed by atoms with Gasteiger partial charge in [0.05, 0.1) is 16.4 Å². The molecule has 0 radical (unpaired) electrons. The van der Waals surface area contributed by atoms with E-state index in [1.165, 1.54) is 11.8 Å². The van der Waals surface area contributed by atoms with Crippen LogP contribution in [-0.4, -0.2) is 33.9 Å². The van der Waals surface area contributed by atoms with Gasteiger partial charge in [0.15, 0.2) is 0 Å². The van der Waals surface area contributed by atoms with Crippen LogP contribution in [0.5, 0.6) is 0 Å². The van der Waals surface area contributed by atoms with Gasteiger partial charge in [-0.1, -0.05) is 31.7 Å². The van der Waals surface area contributed by atoms with Crippen LogP contribution in [0.25, 0.3) is 0 Å². The van der Waals surface area contributed by atoms with Gasteiger partial charge >= 0.3 is 0 Å². The molecule has 5 heteroatoms. The summed E-state index contributed by atoms with van der Waals surface area (Å²) in [5, 5.41) is 13.1. The molecule has 1 rings (SSSR count). The summed E-state index contributed by atoms with van der Waals surface area (Å²) < 4.78 is 0. The summed E-state index contributed by atoms with van der Waals surface area (Å²) in [6.45, 7) is 6.29. The topological polar surface area (TPSA) is 62.2 Å². The van der Waals surface area contributed by atoms with Crippen LogP contribution in [0.2, 0.25) is 0 Å². The normalized spacial score (nSPS) is 14.2. The molecule has 1 heterocycles. The Labute approximate surface area is 119 Å². The van der Waals surface area contributed by atoms with E-state index in [-0.39, 0.29) is 23.2 Å². The first-order valence-corrected chi connectivity index (χ1v) is 7.42. The molecule has 0 aromatic carbocycles. The van der Waals surface area contributed by atoms with Crippen LogP contribution >= 0.6 is 11.8 Å². The second-order valence-corrected chi connectivity index (χ2v) is 6.18. The largest absolute Gasteiger partial charge is 0.393 e. The molecule has 0 fully saturated rings. The number of carbonyl (C=O) groups is 1. The highest BCUT2D eigenvalue weighted by Crippen LogP contribution is 2.20. The fourth-order valence-corrected chi connectivity index (χ4v) is 2.30. The Kier molecular flexibility index (Phi) is 6.87. The molecule has 19 heavy (non-hydrogen) atoms. The summed E-state index contributed by atoms with van der Waals surface area (Å²) in [5.74, 6) is 0.198. The van der Waals surface area contributed by atoms with E-state index >= 15 is 0 Å². The van der Waals surface area contributed by atoms with Crippen molar-refractivity contribution in [3.05, 3.63) is 24.4 Å². The van der Waals surface area contributed by atoms with Gasteiger partial charge in [0.1, 0.15) is 0 Å². The van der Waals surface area contributed by atoms with Crippen molar-refractivity contribution in [2.24, 2.45) is 5.92 Å². The van der Waals surface area contributed by atoms with Gasteiger partial charge in [0.2, 0.25) is 5.91 Å². The summed E-state index contributed by atoms with van der Waals surface area (Å²) in [6.07, 6.45) is 1.94. The van der Waals surface area contributed by atoms with E-state index in [0.717, 1.165) is 5.03 Å². The van der Waals surface area contributed by atoms with Gasteiger partial charge in [0, 0.05) is 12.7 Å². The van der Waals surface area contributed by atoms with Crippen LogP contribution in [0.4, 0.5) is 0 Å². The number of nitrogens with one attached hydrogen (secondary N) is 1. The van der Waals surface area contributed by atoms with Crippen LogP contribution in [0.1, 0.15) is 27.2 Å². The number of hydrogen-bond acceptors (Lipinski definition) is 4. The van der Waals surface area contributed by atoms with Gasteiger partial charge in [-0.15, -0.1) is 0 Å². The predicted octanol–water partition coefficient (Wildman–Crippen LogP) is 2.09. The number of aliphatic hydroxyl groups excluding tert-OH is 1. The zero-order valence-electron chi connectivity index (χ0n) is 11.7. The standard InChI is InChI=1S/C14H22N2O2S/c1-10(2)12(17)7-9-16-14(18)11(3)19-13-6-4-5-8-15-13/h4-6,8,10-12,17H,7,9H2,1-3H3,(H,16,18). The molecule has 0 spiro atoms. The first-order chi connectivity index (χ1) is 9.00. The average molecular weight is 282 g/mol. The molecule has 0 bridgehead atoms. The SMILES string of the molecule is CC(Sc1ccccn1)C(=O)NCCC(O)C(C)C. The lowest BCUT2D eigenvalue weighted by Gasteiger charge is -2.16. The molecule has 2 N–H and O–H groups in total. The number of rotatable bonds is 7. The number of pyridine rings is 1. The summed E-state index contributed by atoms with van der Waals surface area (Å²) in [7, 11) is 0. The van der Waals surface area contributed by atoms with Gasteiger partial charge in [-0.3, -0.25) is 4.79 Å². The molecule has 1 aromatic heterocycles. The van der Waals surface area contributed by atoms with Crippen LogP contribution in [0.3, 0.4) is 0 Å². The third-order valence-corrected chi connectivity index (χ3v) is 3.86. The lowest BCUT2D eigenvalue weighted by Crippen LogP contribution is -2.33. The van der Waals surface area contributed by atoms with Crippen LogP contribution in [-0.2, 0) is 4.79 Å². The number of aromatic nitrogens is 1. The van der Waals surface area contributed by atoms with E-state index in [0.29, 0.717) is 13.0 Å². The number of hydrogen-bond donors (Lipinski definition) is 2. The monoisotopic (exact) mass is 282 g/mol. The van der Waals surface area contributed by atoms with Gasteiger partial charge in [-0.25, -0.2) is 4.98 Å². The highest BCUT2D eigenvalue weighted by atomic mass is 32.2. The molecule has 106 valence electrons. The van der Waals surface area contributed by atoms with Gasteiger partial charge < -0.3 is 10.4 Å². The summed E-state index contributed by atoms with van der Waals surface area (Å²) in [5.41, 5.74) is 0. The first-order valence-electron chi connectivity index (χ1n) is 6.54. The molecule has 4 nitrogen and oxygen atoms in total. The van der Waals surface area contributed by atoms with Crippen molar-refractivity contribution >= 4 is 17.7 Å². The third-order valence-electron chi connectivity index (χ3n) is 2.81. The van der Waals surface area contributed by atoms with Crippen molar-refractivity contribution in [3.8, 4) is 0 Å². The Morgan fingerprint density at radius 3 is 2.74 bits per heavy atom. The number of aliphatic hydroxyl groups is 1. The third kappa shape index (κ3) is 6.07. The second kappa shape index (κ2) is 8.17. The summed E-state index contributed by atoms with van der Waals surface area (Å²) in [6, 6.07) is 5.64. The minimum atomic E-state index is -0.362. The maximum atomic E-state index is 11.9. The molecule has 1 aromatic rings. The maximum absolute atomic E-state index is 11.9. The van der Waals surface area contributed by atoms with Crippen molar-refractivity contribution < 1.29 is 9.90 Å². The van der Waals surface area contributed by atoms with Crippen molar-refractivity contribution in [1.29, 1.82) is 0 Å². The van der Waals surface area contributed by atoms with E-state index < -0.39 is 0 Å². The molecule has 0 saturated carbocycles. The zero-order valence-corrected chi connectivity index (χ0v) is 12.5. The summed E-state index contributed by atoms with van der Waals surface area (Å²) in [4.78, 5) is 16.0. The Hall–Kier alpha value is -1.07. The Balaban J connectivity index is 2.29. The summed E-state index contributed by atoms with van der Waals surface area (Å²) >= 11 is 1.43.